The summed E-state index contributed by atoms with van der Waals surface area (Å²) in [6.07, 6.45) is 3.64. The molecule has 0 fully saturated rings. The van der Waals surface area contributed by atoms with Crippen LogP contribution in [0, 0.1) is 0 Å². The van der Waals surface area contributed by atoms with Gasteiger partial charge < -0.3 is 14.4 Å². The number of hydrogen-bond acceptors (Lipinski definition) is 6. The molecule has 0 aliphatic carbocycles. The summed E-state index contributed by atoms with van der Waals surface area (Å²) < 4.78 is 11.8. The third-order valence-corrected chi connectivity index (χ3v) is 4.89. The van der Waals surface area contributed by atoms with E-state index in [1.54, 1.807) is 31.9 Å². The lowest BCUT2D eigenvalue weighted by Crippen LogP contribution is -2.20. The molecule has 0 saturated carbocycles. The molecule has 0 amide bonds. The Labute approximate surface area is 145 Å². The molecule has 0 saturated heterocycles. The van der Waals surface area contributed by atoms with Crippen molar-refractivity contribution in [2.24, 2.45) is 0 Å². The number of nitrogens with zero attached hydrogens (tertiary/aromatic N) is 3. The van der Waals surface area contributed by atoms with Crippen LogP contribution < -0.4 is 14.4 Å². The second-order valence-corrected chi connectivity index (χ2v) is 6.46. The summed E-state index contributed by atoms with van der Waals surface area (Å²) in [5.74, 6) is 2.54. The van der Waals surface area contributed by atoms with Crippen LogP contribution in [0.25, 0.3) is 10.2 Å². The monoisotopic (exact) mass is 343 g/mol. The molecule has 0 aliphatic rings. The highest BCUT2D eigenvalue weighted by atomic mass is 32.1. The molecule has 2 aromatic heterocycles. The van der Waals surface area contributed by atoms with E-state index in [0.717, 1.165) is 46.9 Å². The van der Waals surface area contributed by atoms with E-state index in [-0.39, 0.29) is 0 Å². The van der Waals surface area contributed by atoms with Crippen molar-refractivity contribution in [3.8, 4) is 11.5 Å². The quantitative estimate of drug-likeness (QED) is 0.653. The smallest absolute Gasteiger partial charge is 0.160 e. The van der Waals surface area contributed by atoms with Gasteiger partial charge in [0.1, 0.15) is 12.1 Å². The molecule has 1 aromatic carbocycles. The number of hydrogen-bond donors (Lipinski definition) is 0. The Bertz CT molecular complexity index is 819. The summed E-state index contributed by atoms with van der Waals surface area (Å²) in [5, 5.41) is 2.06. The van der Waals surface area contributed by atoms with Gasteiger partial charge in [-0.3, -0.25) is 0 Å². The van der Waals surface area contributed by atoms with Crippen molar-refractivity contribution in [1.29, 1.82) is 0 Å². The van der Waals surface area contributed by atoms with Crippen molar-refractivity contribution < 1.29 is 9.47 Å². The molecule has 0 unspecified atom stereocenters. The van der Waals surface area contributed by atoms with Gasteiger partial charge in [-0.15, -0.1) is 11.3 Å². The van der Waals surface area contributed by atoms with Gasteiger partial charge in [0.25, 0.3) is 0 Å². The molecule has 0 spiro atoms. The summed E-state index contributed by atoms with van der Waals surface area (Å²) in [4.78, 5) is 10.9. The van der Waals surface area contributed by atoms with Crippen LogP contribution in [0.2, 0.25) is 0 Å². The lowest BCUT2D eigenvalue weighted by molar-refractivity contribution is 0.354. The summed E-state index contributed by atoms with van der Waals surface area (Å²) in [6.45, 7) is 0.929. The van der Waals surface area contributed by atoms with Gasteiger partial charge in [0.15, 0.2) is 11.5 Å². The number of methoxy groups -OCH3 is 2. The average molecular weight is 343 g/mol. The van der Waals surface area contributed by atoms with E-state index >= 15 is 0 Å². The largest absolute Gasteiger partial charge is 0.493 e. The van der Waals surface area contributed by atoms with Crippen LogP contribution in [0.5, 0.6) is 11.5 Å². The number of fused-ring (bicyclic) bond motifs is 1. The van der Waals surface area contributed by atoms with Gasteiger partial charge in [0.05, 0.1) is 24.4 Å². The SMILES string of the molecule is COc1ccc(CCCN(C)c2ncnc3ccsc23)cc1OC. The first-order chi connectivity index (χ1) is 11.7. The topological polar surface area (TPSA) is 47.5 Å². The number of benzene rings is 1. The molecule has 24 heavy (non-hydrogen) atoms. The lowest BCUT2D eigenvalue weighted by Gasteiger charge is -2.18. The first kappa shape index (κ1) is 16.5. The van der Waals surface area contributed by atoms with Crippen LogP contribution in [0.1, 0.15) is 12.0 Å². The summed E-state index contributed by atoms with van der Waals surface area (Å²) in [6, 6.07) is 8.12. The molecule has 3 rings (SSSR count). The third kappa shape index (κ3) is 3.43. The van der Waals surface area contributed by atoms with E-state index in [1.807, 2.05) is 18.2 Å². The van der Waals surface area contributed by atoms with Crippen LogP contribution in [-0.2, 0) is 6.42 Å². The Morgan fingerprint density at radius 3 is 2.71 bits per heavy atom. The summed E-state index contributed by atoms with van der Waals surface area (Å²) >= 11 is 1.68. The second kappa shape index (κ2) is 7.49. The van der Waals surface area contributed by atoms with Gasteiger partial charge in [0.2, 0.25) is 0 Å². The number of aryl methyl sites for hydroxylation is 1. The lowest BCUT2D eigenvalue weighted by atomic mass is 10.1. The van der Waals surface area contributed by atoms with Gasteiger partial charge in [-0.25, -0.2) is 9.97 Å². The van der Waals surface area contributed by atoms with E-state index in [4.69, 9.17) is 9.47 Å². The van der Waals surface area contributed by atoms with E-state index in [0.29, 0.717) is 0 Å². The van der Waals surface area contributed by atoms with Gasteiger partial charge >= 0.3 is 0 Å². The van der Waals surface area contributed by atoms with Crippen molar-refractivity contribution >= 4 is 27.4 Å². The van der Waals surface area contributed by atoms with Crippen molar-refractivity contribution in [2.45, 2.75) is 12.8 Å². The highest BCUT2D eigenvalue weighted by Gasteiger charge is 2.10. The van der Waals surface area contributed by atoms with Crippen LogP contribution in [0.4, 0.5) is 5.82 Å². The highest BCUT2D eigenvalue weighted by molar-refractivity contribution is 7.17. The Morgan fingerprint density at radius 1 is 1.08 bits per heavy atom. The third-order valence-electron chi connectivity index (χ3n) is 3.99. The zero-order chi connectivity index (χ0) is 16.9. The molecule has 0 aliphatic heterocycles. The first-order valence-corrected chi connectivity index (χ1v) is 8.71. The fourth-order valence-electron chi connectivity index (χ4n) is 2.71. The Hall–Kier alpha value is -2.34. The summed E-state index contributed by atoms with van der Waals surface area (Å²) in [5.41, 5.74) is 2.25. The number of rotatable bonds is 7. The maximum Gasteiger partial charge on any atom is 0.160 e. The normalized spacial score (nSPS) is 10.8. The molecule has 0 N–H and O–H groups in total. The molecular weight excluding hydrogens is 322 g/mol. The average Bonchev–Trinajstić information content (AvgIpc) is 3.10. The molecule has 2 heterocycles. The number of thiophene rings is 1. The van der Waals surface area contributed by atoms with E-state index in [9.17, 15) is 0 Å². The Balaban J connectivity index is 1.63. The van der Waals surface area contributed by atoms with Crippen LogP contribution in [0.3, 0.4) is 0 Å². The first-order valence-electron chi connectivity index (χ1n) is 7.83. The minimum atomic E-state index is 0.763. The van der Waals surface area contributed by atoms with Crippen molar-refractivity contribution in [3.63, 3.8) is 0 Å². The highest BCUT2D eigenvalue weighted by Crippen LogP contribution is 2.29. The molecular formula is C18H21N3O2S. The van der Waals surface area contributed by atoms with E-state index in [1.165, 1.54) is 5.56 Å². The predicted octanol–water partition coefficient (Wildman–Crippen LogP) is 3.78. The molecule has 5 nitrogen and oxygen atoms in total. The molecule has 0 radical (unpaired) electrons. The van der Waals surface area contributed by atoms with Crippen molar-refractivity contribution in [1.82, 2.24) is 9.97 Å². The molecule has 126 valence electrons. The molecule has 0 atom stereocenters. The van der Waals surface area contributed by atoms with Crippen LogP contribution in [-0.4, -0.2) is 37.8 Å². The van der Waals surface area contributed by atoms with E-state index < -0.39 is 0 Å². The van der Waals surface area contributed by atoms with E-state index in [2.05, 4.69) is 33.4 Å². The summed E-state index contributed by atoms with van der Waals surface area (Å²) in [7, 11) is 5.40. The van der Waals surface area contributed by atoms with Gasteiger partial charge in [-0.2, -0.15) is 0 Å². The fraction of sp³-hybridized carbons (Fsp3) is 0.333. The maximum atomic E-state index is 5.36. The van der Waals surface area contributed by atoms with Gasteiger partial charge in [0, 0.05) is 13.6 Å². The van der Waals surface area contributed by atoms with Gasteiger partial charge in [-0.1, -0.05) is 6.07 Å². The zero-order valence-corrected chi connectivity index (χ0v) is 15.0. The zero-order valence-electron chi connectivity index (χ0n) is 14.2. The minimum Gasteiger partial charge on any atom is -0.493 e. The second-order valence-electron chi connectivity index (χ2n) is 5.55. The fourth-order valence-corrected chi connectivity index (χ4v) is 3.60. The number of aromatic nitrogens is 2. The predicted molar refractivity (Wildman–Crippen MR) is 98.6 cm³/mol. The maximum absolute atomic E-state index is 5.36. The number of anilines is 1. The van der Waals surface area contributed by atoms with Crippen molar-refractivity contribution in [3.05, 3.63) is 41.5 Å². The molecule has 6 heteroatoms. The Kier molecular flexibility index (Phi) is 5.15. The minimum absolute atomic E-state index is 0.763. The molecule has 0 bridgehead atoms. The van der Waals surface area contributed by atoms with Gasteiger partial charge in [-0.05, 0) is 42.0 Å². The molecule has 3 aromatic rings. The van der Waals surface area contributed by atoms with Crippen LogP contribution >= 0.6 is 11.3 Å². The van der Waals surface area contributed by atoms with Crippen LogP contribution in [0.15, 0.2) is 36.0 Å². The Morgan fingerprint density at radius 2 is 1.92 bits per heavy atom. The number of ether oxygens (including phenoxy) is 2. The van der Waals surface area contributed by atoms with Crippen molar-refractivity contribution in [2.75, 3.05) is 32.7 Å². The standard InChI is InChI=1S/C18H21N3O2S/c1-21(18-17-14(8-10-24-17)19-12-20-18)9-4-5-13-6-7-15(22-2)16(11-13)23-3/h6-8,10-12H,4-5,9H2,1-3H3.